The molecule has 0 radical (unpaired) electrons. The van der Waals surface area contributed by atoms with E-state index in [2.05, 4.69) is 4.90 Å². The van der Waals surface area contributed by atoms with Crippen LogP contribution in [0.5, 0.6) is 0 Å². The minimum atomic E-state index is 0.208. The number of piperidine rings is 1. The lowest BCUT2D eigenvalue weighted by Crippen LogP contribution is -2.46. The maximum absolute atomic E-state index is 12.5. The summed E-state index contributed by atoms with van der Waals surface area (Å²) >= 11 is 1.61. The van der Waals surface area contributed by atoms with E-state index in [-0.39, 0.29) is 5.91 Å². The van der Waals surface area contributed by atoms with E-state index in [1.165, 1.54) is 0 Å². The quantitative estimate of drug-likeness (QED) is 0.903. The molecule has 3 rings (SSSR count). The summed E-state index contributed by atoms with van der Waals surface area (Å²) in [5.74, 6) is 0.208. The van der Waals surface area contributed by atoms with Crippen molar-refractivity contribution in [2.24, 2.45) is 5.73 Å². The molecule has 4 nitrogen and oxygen atoms in total. The minimum Gasteiger partial charge on any atom is -0.337 e. The lowest BCUT2D eigenvalue weighted by Gasteiger charge is -2.34. The Morgan fingerprint density at radius 3 is 2.65 bits per heavy atom. The predicted molar refractivity (Wildman–Crippen MR) is 82.1 cm³/mol. The Kier molecular flexibility index (Phi) is 4.10. The van der Waals surface area contributed by atoms with Crippen molar-refractivity contribution in [3.05, 3.63) is 21.9 Å². The van der Waals surface area contributed by atoms with Crippen molar-refractivity contribution in [3.63, 3.8) is 0 Å². The van der Waals surface area contributed by atoms with Gasteiger partial charge in [0.05, 0.1) is 5.56 Å². The first-order chi connectivity index (χ1) is 9.65. The van der Waals surface area contributed by atoms with Crippen molar-refractivity contribution in [3.8, 4) is 0 Å². The summed E-state index contributed by atoms with van der Waals surface area (Å²) in [6.07, 6.45) is 3.28. The number of hydrogen-bond acceptors (Lipinski definition) is 4. The summed E-state index contributed by atoms with van der Waals surface area (Å²) in [5.41, 5.74) is 7.95. The topological polar surface area (TPSA) is 49.6 Å². The number of aryl methyl sites for hydroxylation is 1. The second-order valence-electron chi connectivity index (χ2n) is 6.04. The molecular formula is C15H23N3OS. The molecule has 110 valence electrons. The Balaban J connectivity index is 1.59. The van der Waals surface area contributed by atoms with E-state index in [4.69, 9.17) is 5.73 Å². The summed E-state index contributed by atoms with van der Waals surface area (Å²) in [6, 6.07) is 0.907. The lowest BCUT2D eigenvalue weighted by molar-refractivity contribution is 0.0769. The van der Waals surface area contributed by atoms with Crippen LogP contribution in [0.4, 0.5) is 0 Å². The molecule has 1 atom stereocenters. The first-order valence-corrected chi connectivity index (χ1v) is 8.41. The van der Waals surface area contributed by atoms with Crippen molar-refractivity contribution in [1.82, 2.24) is 9.80 Å². The van der Waals surface area contributed by atoms with Crippen LogP contribution in [0.15, 0.2) is 10.8 Å². The Hall–Kier alpha value is -0.910. The molecule has 2 aliphatic rings. The molecule has 2 N–H and O–H groups in total. The second kappa shape index (κ2) is 5.84. The fourth-order valence-electron chi connectivity index (χ4n) is 3.26. The number of thiophene rings is 1. The average molecular weight is 293 g/mol. The summed E-state index contributed by atoms with van der Waals surface area (Å²) < 4.78 is 0. The van der Waals surface area contributed by atoms with Gasteiger partial charge in [-0.1, -0.05) is 0 Å². The Labute approximate surface area is 124 Å². The number of nitrogens with zero attached hydrogens (tertiary/aromatic N) is 2. The van der Waals surface area contributed by atoms with Gasteiger partial charge in [0.25, 0.3) is 5.91 Å². The van der Waals surface area contributed by atoms with Gasteiger partial charge >= 0.3 is 0 Å². The molecule has 0 aliphatic carbocycles. The minimum absolute atomic E-state index is 0.208. The first-order valence-electron chi connectivity index (χ1n) is 7.47. The molecule has 0 aromatic carbocycles. The summed E-state index contributed by atoms with van der Waals surface area (Å²) in [5, 5.41) is 4.03. The Morgan fingerprint density at radius 2 is 2.00 bits per heavy atom. The molecule has 1 unspecified atom stereocenters. The number of nitrogens with two attached hydrogens (primary N) is 1. The molecule has 2 aliphatic heterocycles. The maximum atomic E-state index is 12.5. The molecule has 0 spiro atoms. The Morgan fingerprint density at radius 1 is 1.25 bits per heavy atom. The van der Waals surface area contributed by atoms with Gasteiger partial charge in [-0.05, 0) is 50.2 Å². The van der Waals surface area contributed by atoms with Gasteiger partial charge in [-0.25, -0.2) is 0 Å². The molecular weight excluding hydrogens is 270 g/mol. The molecule has 1 aromatic rings. The predicted octanol–water partition coefficient (Wildman–Crippen LogP) is 1.69. The number of likely N-dealkylation sites (tertiary alicyclic amines) is 2. The van der Waals surface area contributed by atoms with Crippen LogP contribution in [-0.2, 0) is 0 Å². The van der Waals surface area contributed by atoms with Gasteiger partial charge in [0.15, 0.2) is 0 Å². The van der Waals surface area contributed by atoms with E-state index in [1.807, 2.05) is 22.6 Å². The van der Waals surface area contributed by atoms with Crippen LogP contribution in [0.25, 0.3) is 0 Å². The van der Waals surface area contributed by atoms with Gasteiger partial charge < -0.3 is 10.6 Å². The highest BCUT2D eigenvalue weighted by molar-refractivity contribution is 7.08. The van der Waals surface area contributed by atoms with Gasteiger partial charge in [0.1, 0.15) is 0 Å². The number of rotatable bonds is 2. The zero-order valence-electron chi connectivity index (χ0n) is 12.0. The highest BCUT2D eigenvalue weighted by Crippen LogP contribution is 2.23. The van der Waals surface area contributed by atoms with E-state index in [0.29, 0.717) is 12.1 Å². The summed E-state index contributed by atoms with van der Waals surface area (Å²) in [4.78, 5) is 17.1. The maximum Gasteiger partial charge on any atom is 0.255 e. The van der Waals surface area contributed by atoms with Crippen molar-refractivity contribution in [2.75, 3.05) is 26.2 Å². The highest BCUT2D eigenvalue weighted by Gasteiger charge is 2.32. The van der Waals surface area contributed by atoms with Crippen LogP contribution in [0.3, 0.4) is 0 Å². The largest absolute Gasteiger partial charge is 0.337 e. The summed E-state index contributed by atoms with van der Waals surface area (Å²) in [7, 11) is 0. The smallest absolute Gasteiger partial charge is 0.255 e. The number of carbonyl (C=O) groups is 1. The number of amides is 1. The van der Waals surface area contributed by atoms with Crippen molar-refractivity contribution >= 4 is 17.2 Å². The van der Waals surface area contributed by atoms with Crippen LogP contribution >= 0.6 is 11.3 Å². The lowest BCUT2D eigenvalue weighted by atomic mass is 10.0. The average Bonchev–Trinajstić information content (AvgIpc) is 3.08. The van der Waals surface area contributed by atoms with Crippen molar-refractivity contribution in [1.29, 1.82) is 0 Å². The van der Waals surface area contributed by atoms with Gasteiger partial charge in [-0.2, -0.15) is 11.3 Å². The number of hydrogen-bond donors (Lipinski definition) is 1. The van der Waals surface area contributed by atoms with E-state index in [0.717, 1.165) is 56.6 Å². The van der Waals surface area contributed by atoms with Crippen LogP contribution in [0.2, 0.25) is 0 Å². The monoisotopic (exact) mass is 293 g/mol. The molecule has 2 fully saturated rings. The van der Waals surface area contributed by atoms with Crippen LogP contribution < -0.4 is 5.73 Å². The molecule has 0 bridgehead atoms. The van der Waals surface area contributed by atoms with Gasteiger partial charge in [-0.3, -0.25) is 9.69 Å². The molecule has 3 heterocycles. The van der Waals surface area contributed by atoms with E-state index < -0.39 is 0 Å². The standard InChI is InChI=1S/C15H23N3OS/c1-11-9-20-10-14(11)15(19)18-7-4-13(8-18)17-5-2-12(16)3-6-17/h9-10,12-13H,2-8,16H2,1H3. The third-order valence-electron chi connectivity index (χ3n) is 4.63. The first kappa shape index (κ1) is 14.0. The molecule has 20 heavy (non-hydrogen) atoms. The molecule has 1 amide bonds. The zero-order chi connectivity index (χ0) is 14.1. The van der Waals surface area contributed by atoms with Crippen molar-refractivity contribution < 1.29 is 4.79 Å². The third-order valence-corrected chi connectivity index (χ3v) is 5.49. The fourth-order valence-corrected chi connectivity index (χ4v) is 4.08. The van der Waals surface area contributed by atoms with E-state index in [1.54, 1.807) is 11.3 Å². The summed E-state index contributed by atoms with van der Waals surface area (Å²) in [6.45, 7) is 5.96. The van der Waals surface area contributed by atoms with Crippen LogP contribution in [0.1, 0.15) is 35.2 Å². The van der Waals surface area contributed by atoms with Crippen molar-refractivity contribution in [2.45, 2.75) is 38.3 Å². The molecule has 0 saturated carbocycles. The Bertz CT molecular complexity index is 479. The molecule has 1 aromatic heterocycles. The van der Waals surface area contributed by atoms with Gasteiger partial charge in [0, 0.05) is 30.6 Å². The van der Waals surface area contributed by atoms with Gasteiger partial charge in [0.2, 0.25) is 0 Å². The molecule has 2 saturated heterocycles. The molecule has 5 heteroatoms. The van der Waals surface area contributed by atoms with Crippen LogP contribution in [-0.4, -0.2) is 54.0 Å². The van der Waals surface area contributed by atoms with E-state index >= 15 is 0 Å². The fraction of sp³-hybridized carbons (Fsp3) is 0.667. The normalized spacial score (nSPS) is 25.3. The number of carbonyl (C=O) groups excluding carboxylic acids is 1. The van der Waals surface area contributed by atoms with Crippen LogP contribution in [0, 0.1) is 6.92 Å². The third kappa shape index (κ3) is 2.75. The highest BCUT2D eigenvalue weighted by atomic mass is 32.1. The van der Waals surface area contributed by atoms with Gasteiger partial charge in [-0.15, -0.1) is 0 Å². The zero-order valence-corrected chi connectivity index (χ0v) is 12.9. The second-order valence-corrected chi connectivity index (χ2v) is 6.78. The van der Waals surface area contributed by atoms with E-state index in [9.17, 15) is 4.79 Å². The SMILES string of the molecule is Cc1cscc1C(=O)N1CCC(N2CCC(N)CC2)C1.